The van der Waals surface area contributed by atoms with E-state index in [9.17, 15) is 14.4 Å². The molecule has 1 aromatic heterocycles. The molecule has 0 spiro atoms. The molecule has 2 aromatic carbocycles. The molecule has 2 saturated heterocycles. The molecule has 1 saturated carbocycles. The number of nitrogens with one attached hydrogen (secondary N) is 1. The Morgan fingerprint density at radius 3 is 2.62 bits per heavy atom. The maximum absolute atomic E-state index is 13.0. The minimum atomic E-state index is -0.610. The summed E-state index contributed by atoms with van der Waals surface area (Å²) < 4.78 is 6.58. The number of aromatic nitrogens is 2. The zero-order valence-corrected chi connectivity index (χ0v) is 21.7. The molecule has 1 unspecified atom stereocenters. The van der Waals surface area contributed by atoms with Crippen LogP contribution in [0.15, 0.2) is 48.7 Å². The Kier molecular flexibility index (Phi) is 6.03. The van der Waals surface area contributed by atoms with Crippen molar-refractivity contribution in [2.24, 2.45) is 0 Å². The first-order valence-electron chi connectivity index (χ1n) is 13.9. The molecule has 4 heterocycles. The zero-order chi connectivity index (χ0) is 26.5. The van der Waals surface area contributed by atoms with Crippen LogP contribution in [-0.2, 0) is 16.1 Å². The molecule has 4 aliphatic rings. The van der Waals surface area contributed by atoms with Gasteiger partial charge in [0.15, 0.2) is 0 Å². The van der Waals surface area contributed by atoms with Gasteiger partial charge in [0.25, 0.3) is 5.91 Å². The molecule has 1 N–H and O–H groups in total. The number of benzene rings is 2. The van der Waals surface area contributed by atoms with Crippen molar-refractivity contribution in [2.75, 3.05) is 13.1 Å². The van der Waals surface area contributed by atoms with Gasteiger partial charge in [-0.1, -0.05) is 18.6 Å². The molecule has 39 heavy (non-hydrogen) atoms. The summed E-state index contributed by atoms with van der Waals surface area (Å²) in [5.74, 6) is 0.313. The van der Waals surface area contributed by atoms with E-state index in [-0.39, 0.29) is 24.3 Å². The van der Waals surface area contributed by atoms with Crippen molar-refractivity contribution >= 4 is 28.8 Å². The number of rotatable bonds is 5. The van der Waals surface area contributed by atoms with E-state index in [0.717, 1.165) is 60.4 Å². The quantitative estimate of drug-likeness (QED) is 0.510. The van der Waals surface area contributed by atoms with E-state index in [1.165, 1.54) is 6.42 Å². The molecule has 3 fully saturated rings. The van der Waals surface area contributed by atoms with E-state index < -0.39 is 11.9 Å². The summed E-state index contributed by atoms with van der Waals surface area (Å²) in [6.45, 7) is 2.26. The Hall–Kier alpha value is -3.85. The summed E-state index contributed by atoms with van der Waals surface area (Å²) in [6.07, 6.45) is 7.06. The number of hydrogen-bond donors (Lipinski definition) is 1. The number of amides is 3. The number of nitrogens with zero attached hydrogens (tertiary/aromatic N) is 4. The van der Waals surface area contributed by atoms with Crippen LogP contribution in [0.2, 0.25) is 0 Å². The Labute approximate surface area is 226 Å². The lowest BCUT2D eigenvalue weighted by Gasteiger charge is -2.48. The number of ether oxygens (including phenoxy) is 1. The molecular weight excluding hydrogens is 494 g/mol. The van der Waals surface area contributed by atoms with Crippen LogP contribution in [-0.4, -0.2) is 68.8 Å². The topological polar surface area (TPSA) is 105 Å². The van der Waals surface area contributed by atoms with E-state index in [4.69, 9.17) is 9.72 Å². The number of imide groups is 1. The highest BCUT2D eigenvalue weighted by molar-refractivity contribution is 6.05. The highest BCUT2D eigenvalue weighted by Gasteiger charge is 2.41. The number of piperidine rings is 1. The van der Waals surface area contributed by atoms with Crippen molar-refractivity contribution in [3.63, 3.8) is 0 Å². The van der Waals surface area contributed by atoms with Gasteiger partial charge in [-0.15, -0.1) is 0 Å². The van der Waals surface area contributed by atoms with Crippen LogP contribution in [0.1, 0.15) is 66.1 Å². The van der Waals surface area contributed by atoms with Crippen LogP contribution in [0.25, 0.3) is 11.0 Å². The first-order chi connectivity index (χ1) is 19.0. The predicted molar refractivity (Wildman–Crippen MR) is 143 cm³/mol. The van der Waals surface area contributed by atoms with Crippen molar-refractivity contribution in [1.29, 1.82) is 0 Å². The molecule has 3 aromatic rings. The minimum absolute atomic E-state index is 0.0868. The second-order valence-electron chi connectivity index (χ2n) is 11.2. The molecule has 0 radical (unpaired) electrons. The van der Waals surface area contributed by atoms with Crippen molar-refractivity contribution in [2.45, 2.75) is 69.2 Å². The lowest BCUT2D eigenvalue weighted by molar-refractivity contribution is -0.136. The third kappa shape index (κ3) is 4.44. The third-order valence-electron chi connectivity index (χ3n) is 8.71. The lowest BCUT2D eigenvalue weighted by Crippen LogP contribution is -2.57. The van der Waals surface area contributed by atoms with Crippen molar-refractivity contribution in [1.82, 2.24) is 25.1 Å². The smallest absolute Gasteiger partial charge is 0.255 e. The van der Waals surface area contributed by atoms with Gasteiger partial charge in [0.1, 0.15) is 17.9 Å². The molecule has 3 amide bonds. The third-order valence-corrected chi connectivity index (χ3v) is 8.71. The Morgan fingerprint density at radius 1 is 0.949 bits per heavy atom. The molecule has 0 bridgehead atoms. The maximum atomic E-state index is 13.0. The van der Waals surface area contributed by atoms with E-state index in [0.29, 0.717) is 30.5 Å². The molecule has 9 nitrogen and oxygen atoms in total. The summed E-state index contributed by atoms with van der Waals surface area (Å²) in [6, 6.07) is 13.4. The van der Waals surface area contributed by atoms with Crippen LogP contribution in [0, 0.1) is 0 Å². The van der Waals surface area contributed by atoms with Gasteiger partial charge in [0.2, 0.25) is 11.8 Å². The summed E-state index contributed by atoms with van der Waals surface area (Å²) in [5.41, 5.74) is 4.40. The van der Waals surface area contributed by atoms with Crippen molar-refractivity contribution in [3.05, 3.63) is 65.5 Å². The second-order valence-corrected chi connectivity index (χ2v) is 11.2. The Bertz CT molecular complexity index is 1470. The van der Waals surface area contributed by atoms with Crippen molar-refractivity contribution in [3.8, 4) is 5.75 Å². The standard InChI is InChI=1S/C30H31N5O4/c36-28-12-11-26(29(37)33-28)35-17-18-13-20(9-10-21(18)30(35)38)39-27-8-4-3-7-25(27)34-15-19(16-34)24-14-31-22-5-1-2-6-23(22)32-24/h1-2,5-6,9-10,13-14,19,25-27H,3-4,7-8,11-12,15-17H2,(H,33,36,37)/t25-,26?,27-/m0/s1. The molecule has 9 heteroatoms. The highest BCUT2D eigenvalue weighted by atomic mass is 16.5. The molecule has 200 valence electrons. The van der Waals surface area contributed by atoms with Gasteiger partial charge in [-0.25, -0.2) is 4.98 Å². The zero-order valence-electron chi connectivity index (χ0n) is 21.7. The van der Waals surface area contributed by atoms with Crippen molar-refractivity contribution < 1.29 is 19.1 Å². The molecule has 3 aliphatic heterocycles. The SMILES string of the molecule is O=C1CCC(N2Cc3cc(O[C@H]4CCCC[C@@H]4N4CC(c5cnc6ccccc6n5)C4)ccc3C2=O)C(=O)N1. The van der Waals surface area contributed by atoms with Gasteiger partial charge in [-0.05, 0) is 61.6 Å². The number of likely N-dealkylation sites (tertiary alicyclic amines) is 1. The van der Waals surface area contributed by atoms with Gasteiger partial charge in [-0.3, -0.25) is 29.6 Å². The molecule has 1 aliphatic carbocycles. The highest BCUT2D eigenvalue weighted by Crippen LogP contribution is 2.36. The predicted octanol–water partition coefficient (Wildman–Crippen LogP) is 3.18. The average molecular weight is 526 g/mol. The van der Waals surface area contributed by atoms with Gasteiger partial charge in [0, 0.05) is 49.8 Å². The summed E-state index contributed by atoms with van der Waals surface area (Å²) in [7, 11) is 0. The number of fused-ring (bicyclic) bond motifs is 2. The first-order valence-corrected chi connectivity index (χ1v) is 13.9. The van der Waals surface area contributed by atoms with Gasteiger partial charge >= 0.3 is 0 Å². The summed E-state index contributed by atoms with van der Waals surface area (Å²) in [5, 5.41) is 2.36. The minimum Gasteiger partial charge on any atom is -0.489 e. The molecule has 3 atom stereocenters. The lowest BCUT2D eigenvalue weighted by atomic mass is 9.86. The normalized spacial score (nSPS) is 25.9. The number of hydrogen-bond acceptors (Lipinski definition) is 7. The summed E-state index contributed by atoms with van der Waals surface area (Å²) in [4.78, 5) is 50.5. The largest absolute Gasteiger partial charge is 0.489 e. The van der Waals surface area contributed by atoms with Gasteiger partial charge in [0.05, 0.1) is 16.7 Å². The fourth-order valence-corrected chi connectivity index (χ4v) is 6.57. The van der Waals surface area contributed by atoms with E-state index >= 15 is 0 Å². The van der Waals surface area contributed by atoms with Crippen LogP contribution >= 0.6 is 0 Å². The number of para-hydroxylation sites is 2. The van der Waals surface area contributed by atoms with Gasteiger partial charge in [-0.2, -0.15) is 0 Å². The first kappa shape index (κ1) is 24.2. The average Bonchev–Trinajstić information content (AvgIpc) is 3.24. The summed E-state index contributed by atoms with van der Waals surface area (Å²) >= 11 is 0. The van der Waals surface area contributed by atoms with E-state index in [2.05, 4.69) is 15.2 Å². The monoisotopic (exact) mass is 525 g/mol. The van der Waals surface area contributed by atoms with Crippen LogP contribution in [0.4, 0.5) is 0 Å². The van der Waals surface area contributed by atoms with E-state index in [1.54, 1.807) is 4.90 Å². The van der Waals surface area contributed by atoms with Gasteiger partial charge < -0.3 is 9.64 Å². The second kappa shape index (κ2) is 9.72. The van der Waals surface area contributed by atoms with Crippen LogP contribution in [0.3, 0.4) is 0 Å². The molecular formula is C30H31N5O4. The fraction of sp³-hybridized carbons (Fsp3) is 0.433. The maximum Gasteiger partial charge on any atom is 0.255 e. The Balaban J connectivity index is 1.02. The Morgan fingerprint density at radius 2 is 1.77 bits per heavy atom. The van der Waals surface area contributed by atoms with Crippen LogP contribution in [0.5, 0.6) is 5.75 Å². The number of carbonyl (C=O) groups is 3. The van der Waals surface area contributed by atoms with E-state index in [1.807, 2.05) is 48.7 Å². The number of carbonyl (C=O) groups excluding carboxylic acids is 3. The fourth-order valence-electron chi connectivity index (χ4n) is 6.57. The molecule has 7 rings (SSSR count). The van der Waals surface area contributed by atoms with Crippen LogP contribution < -0.4 is 10.1 Å².